The Hall–Kier alpha value is -1.68. The lowest BCUT2D eigenvalue weighted by Crippen LogP contribution is -2.01. The van der Waals surface area contributed by atoms with E-state index in [0.29, 0.717) is 6.61 Å². The van der Waals surface area contributed by atoms with E-state index in [0.717, 1.165) is 33.8 Å². The van der Waals surface area contributed by atoms with Crippen LogP contribution < -0.4 is 14.8 Å². The van der Waals surface area contributed by atoms with Gasteiger partial charge in [-0.1, -0.05) is 28.1 Å². The third-order valence-corrected chi connectivity index (χ3v) is 4.05. The molecular formula is C17H20BrNO2. The molecule has 0 unspecified atom stereocenters. The first kappa shape index (κ1) is 15.7. The molecular weight excluding hydrogens is 330 g/mol. The molecule has 0 heterocycles. The largest absolute Gasteiger partial charge is 0.493 e. The molecule has 0 saturated carbocycles. The maximum atomic E-state index is 5.52. The van der Waals surface area contributed by atoms with E-state index in [2.05, 4.69) is 46.4 Å². The number of benzene rings is 2. The molecule has 2 rings (SSSR count). The molecule has 0 fully saturated rings. The van der Waals surface area contributed by atoms with Gasteiger partial charge in [0.25, 0.3) is 0 Å². The molecule has 0 atom stereocenters. The highest BCUT2D eigenvalue weighted by atomic mass is 79.9. The maximum absolute atomic E-state index is 5.52. The van der Waals surface area contributed by atoms with Crippen molar-refractivity contribution >= 4 is 21.6 Å². The Bertz CT molecular complexity index is 614. The maximum Gasteiger partial charge on any atom is 0.161 e. The Balaban J connectivity index is 2.07. The predicted molar refractivity (Wildman–Crippen MR) is 90.4 cm³/mol. The fourth-order valence-electron chi connectivity index (χ4n) is 2.00. The van der Waals surface area contributed by atoms with Crippen molar-refractivity contribution in [3.05, 3.63) is 52.0 Å². The van der Waals surface area contributed by atoms with Crippen molar-refractivity contribution in [3.8, 4) is 11.5 Å². The summed E-state index contributed by atoms with van der Waals surface area (Å²) in [4.78, 5) is 0. The Morgan fingerprint density at radius 3 is 2.57 bits per heavy atom. The zero-order chi connectivity index (χ0) is 15.2. The van der Waals surface area contributed by atoms with E-state index < -0.39 is 0 Å². The molecule has 0 spiro atoms. The summed E-state index contributed by atoms with van der Waals surface area (Å²) in [7, 11) is 1.66. The molecule has 2 aromatic rings. The van der Waals surface area contributed by atoms with E-state index >= 15 is 0 Å². The molecule has 1 N–H and O–H groups in total. The van der Waals surface area contributed by atoms with Crippen LogP contribution in [0.4, 0.5) is 5.69 Å². The normalized spacial score (nSPS) is 10.3. The Kier molecular flexibility index (Phi) is 5.51. The van der Waals surface area contributed by atoms with Gasteiger partial charge in [-0.2, -0.15) is 0 Å². The highest BCUT2D eigenvalue weighted by Crippen LogP contribution is 2.28. The Labute approximate surface area is 134 Å². The highest BCUT2D eigenvalue weighted by Gasteiger charge is 2.05. The van der Waals surface area contributed by atoms with Crippen molar-refractivity contribution < 1.29 is 9.47 Å². The molecule has 21 heavy (non-hydrogen) atoms. The third-order valence-electron chi connectivity index (χ3n) is 3.20. The van der Waals surface area contributed by atoms with Crippen LogP contribution in [-0.4, -0.2) is 13.7 Å². The van der Waals surface area contributed by atoms with Gasteiger partial charge in [-0.15, -0.1) is 0 Å². The van der Waals surface area contributed by atoms with Gasteiger partial charge < -0.3 is 14.8 Å². The number of aryl methyl sites for hydroxylation is 1. The van der Waals surface area contributed by atoms with Crippen LogP contribution in [-0.2, 0) is 6.54 Å². The second-order valence-corrected chi connectivity index (χ2v) is 5.59. The van der Waals surface area contributed by atoms with E-state index in [1.807, 2.05) is 25.1 Å². The van der Waals surface area contributed by atoms with Gasteiger partial charge in [-0.25, -0.2) is 0 Å². The lowest BCUT2D eigenvalue weighted by atomic mass is 10.2. The average molecular weight is 350 g/mol. The van der Waals surface area contributed by atoms with Gasteiger partial charge >= 0.3 is 0 Å². The molecule has 4 heteroatoms. The van der Waals surface area contributed by atoms with Crippen LogP contribution >= 0.6 is 15.9 Å². The molecule has 0 aliphatic rings. The summed E-state index contributed by atoms with van der Waals surface area (Å²) in [5.41, 5.74) is 3.45. The number of hydrogen-bond acceptors (Lipinski definition) is 3. The lowest BCUT2D eigenvalue weighted by Gasteiger charge is -2.12. The van der Waals surface area contributed by atoms with Gasteiger partial charge in [0, 0.05) is 16.7 Å². The van der Waals surface area contributed by atoms with Crippen molar-refractivity contribution in [2.75, 3.05) is 19.0 Å². The summed E-state index contributed by atoms with van der Waals surface area (Å²) >= 11 is 3.55. The van der Waals surface area contributed by atoms with Gasteiger partial charge in [-0.05, 0) is 49.2 Å². The fourth-order valence-corrected chi connectivity index (χ4v) is 2.38. The molecule has 0 bridgehead atoms. The lowest BCUT2D eigenvalue weighted by molar-refractivity contribution is 0.310. The van der Waals surface area contributed by atoms with Gasteiger partial charge in [0.1, 0.15) is 0 Å². The Morgan fingerprint density at radius 1 is 1.10 bits per heavy atom. The zero-order valence-corrected chi connectivity index (χ0v) is 14.2. The summed E-state index contributed by atoms with van der Waals surface area (Å²) in [6.07, 6.45) is 0. The number of nitrogens with one attached hydrogen (secondary N) is 1. The molecule has 0 aliphatic carbocycles. The summed E-state index contributed by atoms with van der Waals surface area (Å²) < 4.78 is 12.0. The summed E-state index contributed by atoms with van der Waals surface area (Å²) in [6.45, 7) is 5.40. The number of rotatable bonds is 6. The first-order valence-corrected chi connectivity index (χ1v) is 7.73. The fraction of sp³-hybridized carbons (Fsp3) is 0.294. The van der Waals surface area contributed by atoms with E-state index in [4.69, 9.17) is 9.47 Å². The van der Waals surface area contributed by atoms with E-state index in [9.17, 15) is 0 Å². The average Bonchev–Trinajstić information content (AvgIpc) is 2.49. The smallest absolute Gasteiger partial charge is 0.161 e. The minimum atomic E-state index is 0.630. The van der Waals surface area contributed by atoms with Gasteiger partial charge in [-0.3, -0.25) is 0 Å². The van der Waals surface area contributed by atoms with Crippen LogP contribution in [0.3, 0.4) is 0 Å². The number of hydrogen-bond donors (Lipinski definition) is 1. The zero-order valence-electron chi connectivity index (χ0n) is 12.6. The van der Waals surface area contributed by atoms with Crippen molar-refractivity contribution in [1.82, 2.24) is 0 Å². The summed E-state index contributed by atoms with van der Waals surface area (Å²) in [5, 5.41) is 3.41. The van der Waals surface area contributed by atoms with Crippen LogP contribution in [0.15, 0.2) is 40.9 Å². The summed E-state index contributed by atoms with van der Waals surface area (Å²) in [5.74, 6) is 1.54. The molecule has 0 amide bonds. The second kappa shape index (κ2) is 7.36. The van der Waals surface area contributed by atoms with Crippen LogP contribution in [0, 0.1) is 6.92 Å². The van der Waals surface area contributed by atoms with Gasteiger partial charge in [0.05, 0.1) is 13.7 Å². The van der Waals surface area contributed by atoms with Gasteiger partial charge in [0.2, 0.25) is 0 Å². The van der Waals surface area contributed by atoms with Crippen LogP contribution in [0.1, 0.15) is 18.1 Å². The third kappa shape index (κ3) is 4.14. The van der Waals surface area contributed by atoms with Crippen LogP contribution in [0.5, 0.6) is 11.5 Å². The molecule has 112 valence electrons. The SMILES string of the molecule is CCOc1ccc(CNc2ccc(C)c(Br)c2)cc1OC. The van der Waals surface area contributed by atoms with Crippen molar-refractivity contribution in [1.29, 1.82) is 0 Å². The monoisotopic (exact) mass is 349 g/mol. The first-order chi connectivity index (χ1) is 10.1. The molecule has 0 radical (unpaired) electrons. The first-order valence-electron chi connectivity index (χ1n) is 6.93. The minimum absolute atomic E-state index is 0.630. The van der Waals surface area contributed by atoms with Crippen LogP contribution in [0.25, 0.3) is 0 Å². The van der Waals surface area contributed by atoms with Crippen LogP contribution in [0.2, 0.25) is 0 Å². The van der Waals surface area contributed by atoms with Crippen molar-refractivity contribution in [2.45, 2.75) is 20.4 Å². The highest BCUT2D eigenvalue weighted by molar-refractivity contribution is 9.10. The molecule has 3 nitrogen and oxygen atoms in total. The molecule has 0 aromatic heterocycles. The molecule has 0 aliphatic heterocycles. The molecule has 2 aromatic carbocycles. The molecule has 0 saturated heterocycles. The predicted octanol–water partition coefficient (Wildman–Crippen LogP) is 4.78. The quantitative estimate of drug-likeness (QED) is 0.814. The van der Waals surface area contributed by atoms with E-state index in [-0.39, 0.29) is 0 Å². The summed E-state index contributed by atoms with van der Waals surface area (Å²) in [6, 6.07) is 12.2. The number of halogens is 1. The number of ether oxygens (including phenoxy) is 2. The number of anilines is 1. The van der Waals surface area contributed by atoms with E-state index in [1.54, 1.807) is 7.11 Å². The van der Waals surface area contributed by atoms with Gasteiger partial charge in [0.15, 0.2) is 11.5 Å². The topological polar surface area (TPSA) is 30.5 Å². The minimum Gasteiger partial charge on any atom is -0.493 e. The second-order valence-electron chi connectivity index (χ2n) is 4.74. The standard InChI is InChI=1S/C17H20BrNO2/c1-4-21-16-8-6-13(9-17(16)20-3)11-19-14-7-5-12(2)15(18)10-14/h5-10,19H,4,11H2,1-3H3. The van der Waals surface area contributed by atoms with E-state index in [1.165, 1.54) is 5.56 Å². The van der Waals surface area contributed by atoms with Crippen molar-refractivity contribution in [3.63, 3.8) is 0 Å². The Morgan fingerprint density at radius 2 is 1.90 bits per heavy atom. The number of methoxy groups -OCH3 is 1. The van der Waals surface area contributed by atoms with Crippen molar-refractivity contribution in [2.24, 2.45) is 0 Å².